The van der Waals surface area contributed by atoms with Crippen molar-refractivity contribution in [1.82, 2.24) is 19.5 Å². The topological polar surface area (TPSA) is 92.7 Å². The van der Waals surface area contributed by atoms with E-state index in [1.165, 1.54) is 16.7 Å². The van der Waals surface area contributed by atoms with Crippen LogP contribution in [0, 0.1) is 5.82 Å². The molecular formula is C23H16FN5O2. The van der Waals surface area contributed by atoms with Crippen LogP contribution in [-0.2, 0) is 6.54 Å². The van der Waals surface area contributed by atoms with Gasteiger partial charge in [-0.2, -0.15) is 0 Å². The van der Waals surface area contributed by atoms with E-state index in [1.807, 2.05) is 24.3 Å². The molecule has 0 radical (unpaired) electrons. The summed E-state index contributed by atoms with van der Waals surface area (Å²) >= 11 is 0. The van der Waals surface area contributed by atoms with Gasteiger partial charge in [-0.25, -0.2) is 14.4 Å². The van der Waals surface area contributed by atoms with E-state index >= 15 is 0 Å². The number of hydrogen-bond donors (Lipinski definition) is 2. The fourth-order valence-corrected chi connectivity index (χ4v) is 3.50. The molecule has 8 heteroatoms. The second-order valence-corrected chi connectivity index (χ2v) is 7.01. The summed E-state index contributed by atoms with van der Waals surface area (Å²) in [6.45, 7) is -0.0508. The molecule has 0 unspecified atom stereocenters. The molecule has 0 saturated heterocycles. The molecule has 0 saturated carbocycles. The number of carbonyl (C=O) groups is 1. The van der Waals surface area contributed by atoms with Gasteiger partial charge in [0.15, 0.2) is 0 Å². The number of pyridine rings is 2. The number of rotatable bonds is 4. The van der Waals surface area contributed by atoms with E-state index in [4.69, 9.17) is 0 Å². The Hall–Kier alpha value is -4.33. The number of benzene rings is 2. The molecule has 5 rings (SSSR count). The summed E-state index contributed by atoms with van der Waals surface area (Å²) < 4.78 is 15.5. The molecule has 3 aromatic heterocycles. The van der Waals surface area contributed by atoms with Gasteiger partial charge in [0, 0.05) is 17.1 Å². The van der Waals surface area contributed by atoms with Gasteiger partial charge in [-0.1, -0.05) is 30.3 Å². The number of H-pyrrole nitrogens is 1. The van der Waals surface area contributed by atoms with Crippen LogP contribution in [0.4, 0.5) is 10.3 Å². The lowest BCUT2D eigenvalue weighted by Crippen LogP contribution is -2.30. The minimum Gasteiger partial charge on any atom is -0.324 e. The van der Waals surface area contributed by atoms with Crippen molar-refractivity contribution in [3.63, 3.8) is 0 Å². The van der Waals surface area contributed by atoms with E-state index in [2.05, 4.69) is 20.3 Å². The third kappa shape index (κ3) is 3.44. The van der Waals surface area contributed by atoms with Crippen molar-refractivity contribution in [1.29, 1.82) is 0 Å². The standard InChI is InChI=1S/C23H16FN5O2/c24-17-8-2-1-6-15(17)13-29-20-14(7-5-11-25-20)12-16(22(29)31)21(30)28-23-26-18-9-3-4-10-19(18)27-23/h1-12H,13H2,(H2,26,27,28,30). The van der Waals surface area contributed by atoms with E-state index in [-0.39, 0.29) is 18.1 Å². The quantitative estimate of drug-likeness (QED) is 0.470. The Labute approximate surface area is 175 Å². The molecule has 0 spiro atoms. The molecule has 0 aliphatic carbocycles. The first-order chi connectivity index (χ1) is 15.1. The van der Waals surface area contributed by atoms with Crippen LogP contribution < -0.4 is 10.9 Å². The summed E-state index contributed by atoms with van der Waals surface area (Å²) in [4.78, 5) is 37.7. The number of fused-ring (bicyclic) bond motifs is 2. The number of amides is 1. The predicted molar refractivity (Wildman–Crippen MR) is 116 cm³/mol. The molecule has 7 nitrogen and oxygen atoms in total. The van der Waals surface area contributed by atoms with Gasteiger partial charge in [0.2, 0.25) is 5.95 Å². The van der Waals surface area contributed by atoms with E-state index in [9.17, 15) is 14.0 Å². The van der Waals surface area contributed by atoms with E-state index in [0.29, 0.717) is 22.1 Å². The summed E-state index contributed by atoms with van der Waals surface area (Å²) in [7, 11) is 0. The maximum absolute atomic E-state index is 14.2. The number of aromatic nitrogens is 4. The summed E-state index contributed by atoms with van der Waals surface area (Å²) in [6.07, 6.45) is 1.55. The first-order valence-corrected chi connectivity index (χ1v) is 9.58. The molecule has 1 amide bonds. The van der Waals surface area contributed by atoms with Crippen LogP contribution >= 0.6 is 0 Å². The average molecular weight is 413 g/mol. The first kappa shape index (κ1) is 18.7. The van der Waals surface area contributed by atoms with Crippen molar-refractivity contribution < 1.29 is 9.18 Å². The van der Waals surface area contributed by atoms with Gasteiger partial charge >= 0.3 is 0 Å². The molecule has 0 aliphatic heterocycles. The number of para-hydroxylation sites is 2. The van der Waals surface area contributed by atoms with Crippen molar-refractivity contribution >= 4 is 33.9 Å². The SMILES string of the molecule is O=C(Nc1nc2ccccc2[nH]1)c1cc2cccnc2n(Cc2ccccc2F)c1=O. The molecule has 152 valence electrons. The maximum atomic E-state index is 14.2. The van der Waals surface area contributed by atoms with Crippen molar-refractivity contribution in [2.75, 3.05) is 5.32 Å². The molecule has 0 bridgehead atoms. The monoisotopic (exact) mass is 413 g/mol. The molecule has 0 atom stereocenters. The zero-order chi connectivity index (χ0) is 21.4. The molecule has 5 aromatic rings. The fraction of sp³-hybridized carbons (Fsp3) is 0.0435. The molecular weight excluding hydrogens is 397 g/mol. The molecule has 31 heavy (non-hydrogen) atoms. The number of aromatic amines is 1. The summed E-state index contributed by atoms with van der Waals surface area (Å²) in [5.41, 5.74) is 1.50. The maximum Gasteiger partial charge on any atom is 0.265 e. The number of carbonyl (C=O) groups excluding carboxylic acids is 1. The van der Waals surface area contributed by atoms with Crippen LogP contribution in [0.1, 0.15) is 15.9 Å². The first-order valence-electron chi connectivity index (χ1n) is 9.58. The smallest absolute Gasteiger partial charge is 0.265 e. The van der Waals surface area contributed by atoms with E-state index < -0.39 is 17.3 Å². The number of anilines is 1. The Morgan fingerprint density at radius 1 is 1.06 bits per heavy atom. The van der Waals surface area contributed by atoms with Crippen LogP contribution in [0.5, 0.6) is 0 Å². The molecule has 0 fully saturated rings. The van der Waals surface area contributed by atoms with Gasteiger partial charge in [0.05, 0.1) is 17.6 Å². The highest BCUT2D eigenvalue weighted by Crippen LogP contribution is 2.17. The molecule has 3 heterocycles. The zero-order valence-corrected chi connectivity index (χ0v) is 16.2. The summed E-state index contributed by atoms with van der Waals surface area (Å²) in [5.74, 6) is -0.815. The normalized spacial score (nSPS) is 11.1. The van der Waals surface area contributed by atoms with Crippen LogP contribution in [0.25, 0.3) is 22.1 Å². The molecule has 0 aliphatic rings. The Bertz CT molecular complexity index is 1470. The van der Waals surface area contributed by atoms with Crippen molar-refractivity contribution in [3.8, 4) is 0 Å². The second kappa shape index (κ2) is 7.49. The molecule has 2 aromatic carbocycles. The number of halogens is 1. The Balaban J connectivity index is 1.58. The third-order valence-electron chi connectivity index (χ3n) is 5.00. The zero-order valence-electron chi connectivity index (χ0n) is 16.2. The van der Waals surface area contributed by atoms with E-state index in [0.717, 1.165) is 5.52 Å². The molecule has 2 N–H and O–H groups in total. The highest BCUT2D eigenvalue weighted by atomic mass is 19.1. The highest BCUT2D eigenvalue weighted by Gasteiger charge is 2.18. The minimum atomic E-state index is -0.614. The largest absolute Gasteiger partial charge is 0.324 e. The number of imidazole rings is 1. The lowest BCUT2D eigenvalue weighted by atomic mass is 10.1. The van der Waals surface area contributed by atoms with Crippen LogP contribution in [-0.4, -0.2) is 25.4 Å². The second-order valence-electron chi connectivity index (χ2n) is 7.01. The number of nitrogens with one attached hydrogen (secondary N) is 2. The average Bonchev–Trinajstić information content (AvgIpc) is 3.19. The van der Waals surface area contributed by atoms with Gasteiger partial charge in [0.1, 0.15) is 17.0 Å². The minimum absolute atomic E-state index is 0.0508. The fourth-order valence-electron chi connectivity index (χ4n) is 3.50. The number of nitrogens with zero attached hydrogens (tertiary/aromatic N) is 3. The van der Waals surface area contributed by atoms with Crippen molar-refractivity contribution in [3.05, 3.63) is 100 Å². The van der Waals surface area contributed by atoms with Gasteiger partial charge in [-0.3, -0.25) is 19.5 Å². The van der Waals surface area contributed by atoms with E-state index in [1.54, 1.807) is 36.5 Å². The Kier molecular flexibility index (Phi) is 4.51. The number of hydrogen-bond acceptors (Lipinski definition) is 4. The predicted octanol–water partition coefficient (Wildman–Crippen LogP) is 3.71. The summed E-state index contributed by atoms with van der Waals surface area (Å²) in [5, 5.41) is 3.23. The third-order valence-corrected chi connectivity index (χ3v) is 5.00. The Morgan fingerprint density at radius 3 is 2.71 bits per heavy atom. The Morgan fingerprint density at radius 2 is 1.87 bits per heavy atom. The highest BCUT2D eigenvalue weighted by molar-refractivity contribution is 6.05. The van der Waals surface area contributed by atoms with Crippen LogP contribution in [0.15, 0.2) is 77.7 Å². The van der Waals surface area contributed by atoms with Gasteiger partial charge in [-0.05, 0) is 36.4 Å². The van der Waals surface area contributed by atoms with Gasteiger partial charge < -0.3 is 4.98 Å². The van der Waals surface area contributed by atoms with Crippen molar-refractivity contribution in [2.45, 2.75) is 6.54 Å². The van der Waals surface area contributed by atoms with Crippen LogP contribution in [0.3, 0.4) is 0 Å². The van der Waals surface area contributed by atoms with Crippen molar-refractivity contribution in [2.24, 2.45) is 0 Å². The van der Waals surface area contributed by atoms with Gasteiger partial charge in [0.25, 0.3) is 11.5 Å². The summed E-state index contributed by atoms with van der Waals surface area (Å²) in [6, 6.07) is 18.5. The van der Waals surface area contributed by atoms with Crippen LogP contribution in [0.2, 0.25) is 0 Å². The van der Waals surface area contributed by atoms with Gasteiger partial charge in [-0.15, -0.1) is 0 Å². The lowest BCUT2D eigenvalue weighted by Gasteiger charge is -2.12. The lowest BCUT2D eigenvalue weighted by molar-refractivity contribution is 0.102.